The van der Waals surface area contributed by atoms with Gasteiger partial charge < -0.3 is 9.11 Å². The van der Waals surface area contributed by atoms with Gasteiger partial charge in [-0.15, -0.1) is 9.13 Å². The van der Waals surface area contributed by atoms with E-state index in [1.165, 1.54) is 12.1 Å². The van der Waals surface area contributed by atoms with Crippen LogP contribution in [-0.2, 0) is 24.5 Å². The second-order valence-corrected chi connectivity index (χ2v) is 7.36. The molecule has 2 heterocycles. The second kappa shape index (κ2) is 10.5. The van der Waals surface area contributed by atoms with Crippen LogP contribution in [0.3, 0.4) is 0 Å². The van der Waals surface area contributed by atoms with Crippen molar-refractivity contribution in [1.29, 1.82) is 0 Å². The maximum absolute atomic E-state index is 10.7. The van der Waals surface area contributed by atoms with Crippen LogP contribution in [0.25, 0.3) is 21.8 Å². The topological polar surface area (TPSA) is 174 Å². The van der Waals surface area contributed by atoms with Gasteiger partial charge in [0.25, 0.3) is 0 Å². The van der Waals surface area contributed by atoms with Gasteiger partial charge in [0, 0.05) is 33.3 Å². The molecule has 0 aliphatic rings. The van der Waals surface area contributed by atoms with Crippen molar-refractivity contribution in [2.24, 2.45) is 14.1 Å². The smallest absolute Gasteiger partial charge is 0.501 e. The summed E-state index contributed by atoms with van der Waals surface area (Å²) in [6, 6.07) is 21.7. The van der Waals surface area contributed by atoms with Crippen LogP contribution in [-0.4, -0.2) is 27.4 Å². The fraction of sp³-hybridized carbons (Fsp3) is 0.100. The van der Waals surface area contributed by atoms with Crippen molar-refractivity contribution in [3.05, 3.63) is 93.0 Å². The number of nitro groups is 2. The summed E-state index contributed by atoms with van der Waals surface area (Å²) in [6.07, 6.45) is 0. The quantitative estimate of drug-likeness (QED) is 0.139. The maximum Gasteiger partial charge on any atom is 0.501 e. The van der Waals surface area contributed by atoms with E-state index >= 15 is 0 Å². The zero-order chi connectivity index (χ0) is 24.8. The molecule has 0 aliphatic heterocycles. The molecule has 172 valence electrons. The number of benzene rings is 2. The second-order valence-electron chi connectivity index (χ2n) is 6.54. The summed E-state index contributed by atoms with van der Waals surface area (Å²) in [7, 11) is -1.78. The Morgan fingerprint density at radius 2 is 0.939 bits per heavy atom. The molecular formula is C20H18N4O8S. The number of pyridine rings is 2. The van der Waals surface area contributed by atoms with Gasteiger partial charge in [-0.1, -0.05) is 24.3 Å². The van der Waals surface area contributed by atoms with Crippen LogP contribution in [0.15, 0.2) is 72.8 Å². The fourth-order valence-corrected chi connectivity index (χ4v) is 3.03. The summed E-state index contributed by atoms with van der Waals surface area (Å²) in [5, 5.41) is 23.3. The lowest BCUT2D eigenvalue weighted by atomic mass is 10.2. The van der Waals surface area contributed by atoms with Gasteiger partial charge in [-0.05, 0) is 24.3 Å². The lowest BCUT2D eigenvalue weighted by Crippen LogP contribution is -2.32. The Balaban J connectivity index is 0.000000195. The Morgan fingerprint density at radius 1 is 0.636 bits per heavy atom. The first-order valence-corrected chi connectivity index (χ1v) is 10.4. The van der Waals surface area contributed by atoms with Crippen molar-refractivity contribution < 1.29 is 36.5 Å². The van der Waals surface area contributed by atoms with Crippen LogP contribution < -0.4 is 9.13 Å². The van der Waals surface area contributed by atoms with Gasteiger partial charge in [0.05, 0.1) is 12.1 Å². The van der Waals surface area contributed by atoms with E-state index in [0.717, 1.165) is 21.8 Å². The number of rotatable bonds is 2. The summed E-state index contributed by atoms with van der Waals surface area (Å²) >= 11 is 0. The summed E-state index contributed by atoms with van der Waals surface area (Å²) in [6.45, 7) is 0. The highest BCUT2D eigenvalue weighted by atomic mass is 32.3. The molecule has 4 rings (SSSR count). The van der Waals surface area contributed by atoms with E-state index in [2.05, 4.69) is 0 Å². The molecular weight excluding hydrogens is 456 g/mol. The molecule has 12 nitrogen and oxygen atoms in total. The normalized spacial score (nSPS) is 10.5. The average molecular weight is 474 g/mol. The Bertz CT molecular complexity index is 1340. The third-order valence-corrected chi connectivity index (χ3v) is 4.48. The predicted octanol–water partition coefficient (Wildman–Crippen LogP) is 1.81. The minimum Gasteiger partial charge on any atom is -0.759 e. The largest absolute Gasteiger partial charge is 0.759 e. The van der Waals surface area contributed by atoms with E-state index in [1.54, 1.807) is 35.4 Å². The van der Waals surface area contributed by atoms with E-state index < -0.39 is 10.4 Å². The van der Waals surface area contributed by atoms with Crippen molar-refractivity contribution in [2.75, 3.05) is 0 Å². The fourth-order valence-electron chi connectivity index (χ4n) is 3.03. The molecule has 0 unspecified atom stereocenters. The van der Waals surface area contributed by atoms with Crippen LogP contribution >= 0.6 is 0 Å². The Morgan fingerprint density at radius 3 is 1.24 bits per heavy atom. The first-order chi connectivity index (χ1) is 15.4. The van der Waals surface area contributed by atoms with Gasteiger partial charge in [0.15, 0.2) is 0 Å². The van der Waals surface area contributed by atoms with Crippen molar-refractivity contribution in [1.82, 2.24) is 0 Å². The summed E-state index contributed by atoms with van der Waals surface area (Å²) < 4.78 is 37.2. The van der Waals surface area contributed by atoms with Crippen molar-refractivity contribution in [2.45, 2.75) is 0 Å². The minimum absolute atomic E-state index is 0.101. The van der Waals surface area contributed by atoms with E-state index in [9.17, 15) is 20.2 Å². The van der Waals surface area contributed by atoms with Crippen LogP contribution in [0, 0.1) is 20.2 Å². The number of hydrogen-bond acceptors (Lipinski definition) is 8. The van der Waals surface area contributed by atoms with E-state index in [1.807, 2.05) is 48.5 Å². The molecule has 2 aromatic heterocycles. The van der Waals surface area contributed by atoms with Gasteiger partial charge >= 0.3 is 11.6 Å². The monoisotopic (exact) mass is 474 g/mol. The maximum atomic E-state index is 10.7. The van der Waals surface area contributed by atoms with E-state index in [-0.39, 0.29) is 21.5 Å². The highest BCUT2D eigenvalue weighted by molar-refractivity contribution is 7.79. The van der Waals surface area contributed by atoms with E-state index in [4.69, 9.17) is 17.5 Å². The summed E-state index contributed by atoms with van der Waals surface area (Å²) in [4.78, 5) is 20.5. The summed E-state index contributed by atoms with van der Waals surface area (Å²) in [5.41, 5.74) is 1.73. The molecule has 0 fully saturated rings. The highest BCUT2D eigenvalue weighted by Crippen LogP contribution is 2.14. The lowest BCUT2D eigenvalue weighted by molar-refractivity contribution is -0.694. The third kappa shape index (κ3) is 6.96. The highest BCUT2D eigenvalue weighted by Gasteiger charge is 2.21. The number of nitrogens with zero attached hydrogens (tertiary/aromatic N) is 4. The van der Waals surface area contributed by atoms with Gasteiger partial charge in [-0.25, -0.2) is 0 Å². The lowest BCUT2D eigenvalue weighted by Gasteiger charge is -2.06. The van der Waals surface area contributed by atoms with Crippen molar-refractivity contribution in [3.63, 3.8) is 0 Å². The van der Waals surface area contributed by atoms with Crippen LogP contribution in [0.2, 0.25) is 0 Å². The standard InChI is InChI=1S/2C10H9N2O2.H2O4S/c2*1-11-9-5-3-2-4-8(9)6-7-10(11)12(13)14;1-5(2,3)4/h2*2-7H,1H3;(H2,1,2,3,4)/q2*+1;/p-2. The van der Waals surface area contributed by atoms with Crippen LogP contribution in [0.4, 0.5) is 11.6 Å². The number of aryl methyl sites for hydroxylation is 2. The third-order valence-electron chi connectivity index (χ3n) is 4.48. The Labute approximate surface area is 187 Å². The van der Waals surface area contributed by atoms with Gasteiger partial charge in [0.2, 0.25) is 11.0 Å². The van der Waals surface area contributed by atoms with E-state index in [0.29, 0.717) is 0 Å². The molecule has 0 atom stereocenters. The first-order valence-electron chi connectivity index (χ1n) is 9.11. The summed E-state index contributed by atoms with van der Waals surface area (Å²) in [5.74, 6) is 0.201. The van der Waals surface area contributed by atoms with Crippen LogP contribution in [0.1, 0.15) is 0 Å². The van der Waals surface area contributed by atoms with Crippen molar-refractivity contribution >= 4 is 43.8 Å². The Hall–Kier alpha value is -4.07. The van der Waals surface area contributed by atoms with Gasteiger partial charge in [-0.2, -0.15) is 0 Å². The molecule has 13 heteroatoms. The zero-order valence-electron chi connectivity index (χ0n) is 17.4. The molecule has 0 amide bonds. The molecule has 2 aromatic carbocycles. The molecule has 33 heavy (non-hydrogen) atoms. The first kappa shape index (κ1) is 25.2. The minimum atomic E-state index is -5.17. The molecule has 0 saturated carbocycles. The number of fused-ring (bicyclic) bond motifs is 2. The molecule has 4 aromatic rings. The molecule has 0 N–H and O–H groups in total. The van der Waals surface area contributed by atoms with Gasteiger partial charge in [0.1, 0.15) is 23.9 Å². The molecule has 0 spiro atoms. The molecule has 0 bridgehead atoms. The predicted molar refractivity (Wildman–Crippen MR) is 114 cm³/mol. The molecule has 0 saturated heterocycles. The SMILES string of the molecule is C[n+]1c([N+](=O)[O-])ccc2ccccc21.C[n+]1c([N+](=O)[O-])ccc2ccccc21.O=S(=O)([O-])[O-]. The molecule has 0 radical (unpaired) electrons. The van der Waals surface area contributed by atoms with Crippen molar-refractivity contribution in [3.8, 4) is 0 Å². The Kier molecular flexibility index (Phi) is 8.01. The van der Waals surface area contributed by atoms with Gasteiger partial charge in [-0.3, -0.25) is 28.6 Å². The average Bonchev–Trinajstić information content (AvgIpc) is 2.73. The molecule has 0 aliphatic carbocycles. The zero-order valence-corrected chi connectivity index (χ0v) is 18.2. The number of para-hydroxylation sites is 2. The number of hydrogen-bond donors (Lipinski definition) is 0. The number of aromatic nitrogens is 2. The van der Waals surface area contributed by atoms with Crippen LogP contribution in [0.5, 0.6) is 0 Å².